The molecule has 0 aromatic heterocycles. The number of hydrogen-bond acceptors (Lipinski definition) is 4. The molecule has 0 bridgehead atoms. The van der Waals surface area contributed by atoms with Crippen molar-refractivity contribution in [3.63, 3.8) is 0 Å². The van der Waals surface area contributed by atoms with E-state index in [0.717, 1.165) is 55.9 Å². The largest absolute Gasteiger partial charge is 0.497 e. The van der Waals surface area contributed by atoms with Crippen molar-refractivity contribution in [1.82, 2.24) is 10.6 Å². The van der Waals surface area contributed by atoms with E-state index in [1.165, 1.54) is 0 Å². The van der Waals surface area contributed by atoms with Gasteiger partial charge in [0.25, 0.3) is 0 Å². The van der Waals surface area contributed by atoms with Crippen LogP contribution in [0.15, 0.2) is 23.2 Å². The van der Waals surface area contributed by atoms with Crippen molar-refractivity contribution in [2.45, 2.75) is 45.1 Å². The fourth-order valence-corrected chi connectivity index (χ4v) is 3.56. The van der Waals surface area contributed by atoms with Crippen molar-refractivity contribution in [3.8, 4) is 5.75 Å². The van der Waals surface area contributed by atoms with Crippen LogP contribution in [0.2, 0.25) is 5.02 Å². The topological polar surface area (TPSA) is 72.0 Å². The van der Waals surface area contributed by atoms with Gasteiger partial charge in [-0.25, -0.2) is 0 Å². The van der Waals surface area contributed by atoms with Gasteiger partial charge in [0.2, 0.25) is 0 Å². The van der Waals surface area contributed by atoms with Gasteiger partial charge in [-0.2, -0.15) is 0 Å². The van der Waals surface area contributed by atoms with Gasteiger partial charge in [0.1, 0.15) is 5.75 Å². The van der Waals surface area contributed by atoms with E-state index in [0.29, 0.717) is 17.7 Å². The van der Waals surface area contributed by atoms with E-state index < -0.39 is 0 Å². The first-order chi connectivity index (χ1) is 13.1. The highest BCUT2D eigenvalue weighted by atomic mass is 35.5. The molecule has 0 spiro atoms. The quantitative estimate of drug-likeness (QED) is 0.421. The Morgan fingerprint density at radius 2 is 2.04 bits per heavy atom. The summed E-state index contributed by atoms with van der Waals surface area (Å²) < 4.78 is 10.3. The molecule has 0 saturated heterocycles. The number of halogens is 1. The Labute approximate surface area is 166 Å². The maximum absolute atomic E-state index is 11.8. The van der Waals surface area contributed by atoms with Crippen molar-refractivity contribution in [2.75, 3.05) is 27.3 Å². The first-order valence-corrected chi connectivity index (χ1v) is 9.91. The van der Waals surface area contributed by atoms with Crippen molar-refractivity contribution in [2.24, 2.45) is 10.9 Å². The van der Waals surface area contributed by atoms with Crippen molar-refractivity contribution in [1.29, 1.82) is 0 Å². The van der Waals surface area contributed by atoms with Crippen LogP contribution in [0, 0.1) is 5.92 Å². The second kappa shape index (κ2) is 11.0. The number of carbonyl (C=O) groups excluding carboxylic acids is 1. The van der Waals surface area contributed by atoms with E-state index in [1.54, 1.807) is 14.2 Å². The van der Waals surface area contributed by atoms with Crippen LogP contribution < -0.4 is 15.4 Å². The minimum absolute atomic E-state index is 0.0372. The van der Waals surface area contributed by atoms with Gasteiger partial charge < -0.3 is 20.1 Å². The predicted octanol–water partition coefficient (Wildman–Crippen LogP) is 3.18. The first kappa shape index (κ1) is 21.4. The Morgan fingerprint density at radius 3 is 2.63 bits per heavy atom. The molecule has 2 rings (SSSR count). The molecule has 1 aliphatic carbocycles. The number of esters is 1. The van der Waals surface area contributed by atoms with Crippen molar-refractivity contribution in [3.05, 3.63) is 28.8 Å². The third-order valence-electron chi connectivity index (χ3n) is 4.86. The van der Waals surface area contributed by atoms with Crippen LogP contribution in [-0.2, 0) is 16.0 Å². The standard InChI is InChI=1S/C20H30ClN3O3/c1-4-27-19(25)15-5-8-16(9-6-15)24-20(22-2)23-12-11-14-7-10-17(26-3)13-18(14)21/h7,10,13,15-16H,4-6,8-9,11-12H2,1-3H3,(H2,22,23,24). The lowest BCUT2D eigenvalue weighted by Gasteiger charge is -2.29. The fourth-order valence-electron chi connectivity index (χ4n) is 3.29. The van der Waals surface area contributed by atoms with E-state index in [2.05, 4.69) is 15.6 Å². The summed E-state index contributed by atoms with van der Waals surface area (Å²) in [5, 5.41) is 7.49. The molecule has 150 valence electrons. The molecule has 0 heterocycles. The highest BCUT2D eigenvalue weighted by molar-refractivity contribution is 6.31. The Hall–Kier alpha value is -1.95. The monoisotopic (exact) mass is 395 g/mol. The molecule has 6 nitrogen and oxygen atoms in total. The normalized spacial score (nSPS) is 20.1. The number of hydrogen-bond donors (Lipinski definition) is 2. The van der Waals surface area contributed by atoms with E-state index in [1.807, 2.05) is 25.1 Å². The summed E-state index contributed by atoms with van der Waals surface area (Å²) in [7, 11) is 3.39. The molecule has 0 amide bonds. The molecule has 1 aromatic rings. The maximum atomic E-state index is 11.8. The zero-order chi connectivity index (χ0) is 19.6. The van der Waals surface area contributed by atoms with Crippen LogP contribution in [0.3, 0.4) is 0 Å². The molecule has 1 saturated carbocycles. The molecule has 1 aromatic carbocycles. The van der Waals surface area contributed by atoms with Gasteiger partial charge in [-0.15, -0.1) is 0 Å². The van der Waals surface area contributed by atoms with Crippen molar-refractivity contribution >= 4 is 23.5 Å². The Bertz CT molecular complexity index is 643. The van der Waals surface area contributed by atoms with Crippen LogP contribution in [0.25, 0.3) is 0 Å². The second-order valence-corrected chi connectivity index (χ2v) is 7.06. The Kier molecular flexibility index (Phi) is 8.72. The summed E-state index contributed by atoms with van der Waals surface area (Å²) in [6.07, 6.45) is 4.38. The molecule has 0 radical (unpaired) electrons. The smallest absolute Gasteiger partial charge is 0.308 e. The van der Waals surface area contributed by atoms with Crippen molar-refractivity contribution < 1.29 is 14.3 Å². The zero-order valence-corrected chi connectivity index (χ0v) is 17.1. The van der Waals surface area contributed by atoms with E-state index in [4.69, 9.17) is 21.1 Å². The van der Waals surface area contributed by atoms with E-state index >= 15 is 0 Å². The van der Waals surface area contributed by atoms with Gasteiger partial charge in [-0.3, -0.25) is 9.79 Å². The molecule has 1 fully saturated rings. The van der Waals surface area contributed by atoms with Gasteiger partial charge in [0, 0.05) is 24.7 Å². The molecule has 0 atom stereocenters. The molecule has 7 heteroatoms. The first-order valence-electron chi connectivity index (χ1n) is 9.53. The number of rotatable bonds is 7. The molecule has 0 unspecified atom stereocenters. The highest BCUT2D eigenvalue weighted by Crippen LogP contribution is 2.25. The lowest BCUT2D eigenvalue weighted by molar-refractivity contribution is -0.149. The van der Waals surface area contributed by atoms with Crippen LogP contribution in [0.1, 0.15) is 38.2 Å². The lowest BCUT2D eigenvalue weighted by Crippen LogP contribution is -2.45. The average Bonchev–Trinajstić information content (AvgIpc) is 2.69. The summed E-state index contributed by atoms with van der Waals surface area (Å²) in [4.78, 5) is 16.1. The molecular formula is C20H30ClN3O3. The predicted molar refractivity (Wildman–Crippen MR) is 109 cm³/mol. The van der Waals surface area contributed by atoms with Gasteiger partial charge in [0.15, 0.2) is 5.96 Å². The number of guanidine groups is 1. The molecule has 2 N–H and O–H groups in total. The van der Waals surface area contributed by atoms with Gasteiger partial charge in [0.05, 0.1) is 19.6 Å². The fraction of sp³-hybridized carbons (Fsp3) is 0.600. The summed E-state index contributed by atoms with van der Waals surface area (Å²) in [5.74, 6) is 1.51. The zero-order valence-electron chi connectivity index (χ0n) is 16.4. The van der Waals surface area contributed by atoms with Gasteiger partial charge in [-0.05, 0) is 56.7 Å². The number of ether oxygens (including phenoxy) is 2. The summed E-state index contributed by atoms with van der Waals surface area (Å²) in [5.41, 5.74) is 1.07. The van der Waals surface area contributed by atoms with Gasteiger partial charge >= 0.3 is 5.97 Å². The number of carbonyl (C=O) groups is 1. The Balaban J connectivity index is 1.74. The molecular weight excluding hydrogens is 366 g/mol. The third kappa shape index (κ3) is 6.61. The minimum Gasteiger partial charge on any atom is -0.497 e. The Morgan fingerprint density at radius 1 is 1.30 bits per heavy atom. The number of benzene rings is 1. The average molecular weight is 396 g/mol. The molecule has 0 aliphatic heterocycles. The van der Waals surface area contributed by atoms with Crippen LogP contribution >= 0.6 is 11.6 Å². The summed E-state index contributed by atoms with van der Waals surface area (Å²) in [6, 6.07) is 6.05. The number of nitrogens with one attached hydrogen (secondary N) is 2. The van der Waals surface area contributed by atoms with Crippen LogP contribution in [0.4, 0.5) is 0 Å². The van der Waals surface area contributed by atoms with Crippen LogP contribution in [-0.4, -0.2) is 45.3 Å². The maximum Gasteiger partial charge on any atom is 0.308 e. The third-order valence-corrected chi connectivity index (χ3v) is 5.21. The number of methoxy groups -OCH3 is 1. The minimum atomic E-state index is -0.0603. The molecule has 27 heavy (non-hydrogen) atoms. The number of aliphatic imine (C=N–C) groups is 1. The number of nitrogens with zero attached hydrogens (tertiary/aromatic N) is 1. The lowest BCUT2D eigenvalue weighted by atomic mass is 9.86. The second-order valence-electron chi connectivity index (χ2n) is 6.65. The van der Waals surface area contributed by atoms with Crippen LogP contribution in [0.5, 0.6) is 5.75 Å². The van der Waals surface area contributed by atoms with E-state index in [9.17, 15) is 4.79 Å². The molecule has 1 aliphatic rings. The summed E-state index contributed by atoms with van der Waals surface area (Å²) in [6.45, 7) is 3.02. The highest BCUT2D eigenvalue weighted by Gasteiger charge is 2.27. The van der Waals surface area contributed by atoms with E-state index in [-0.39, 0.29) is 11.9 Å². The SMILES string of the molecule is CCOC(=O)C1CCC(NC(=NC)NCCc2ccc(OC)cc2Cl)CC1. The summed E-state index contributed by atoms with van der Waals surface area (Å²) >= 11 is 6.28. The van der Waals surface area contributed by atoms with Gasteiger partial charge in [-0.1, -0.05) is 17.7 Å².